The number of methoxy groups -OCH3 is 1. The van der Waals surface area contributed by atoms with Crippen LogP contribution in [0.3, 0.4) is 0 Å². The van der Waals surface area contributed by atoms with Gasteiger partial charge in [0.05, 0.1) is 39.3 Å². The Hall–Kier alpha value is -2.37. The number of rotatable bonds is 5. The zero-order chi connectivity index (χ0) is 20.6. The normalized spacial score (nSPS) is 21.5. The predicted octanol–water partition coefficient (Wildman–Crippen LogP) is 1.27. The van der Waals surface area contributed by atoms with Crippen LogP contribution in [0.4, 0.5) is 0 Å². The largest absolute Gasteiger partial charge is 0.545 e. The van der Waals surface area contributed by atoms with Gasteiger partial charge < -0.3 is 24.6 Å². The molecule has 5 nitrogen and oxygen atoms in total. The van der Waals surface area contributed by atoms with Crippen LogP contribution in [-0.4, -0.2) is 38.8 Å². The Morgan fingerprint density at radius 1 is 1.18 bits per heavy atom. The molecule has 2 aromatic carbocycles. The number of aromatic carboxylic acids is 1. The van der Waals surface area contributed by atoms with Gasteiger partial charge in [0.1, 0.15) is 5.75 Å². The van der Waals surface area contributed by atoms with E-state index in [9.17, 15) is 15.0 Å². The molecule has 5 heteroatoms. The van der Waals surface area contributed by atoms with Crippen molar-refractivity contribution in [2.75, 3.05) is 27.7 Å². The van der Waals surface area contributed by atoms with Crippen LogP contribution >= 0.6 is 0 Å². The maximum atomic E-state index is 11.2. The summed E-state index contributed by atoms with van der Waals surface area (Å²) in [4.78, 5) is 11.5. The number of carboxylic acids is 1. The van der Waals surface area contributed by atoms with Crippen molar-refractivity contribution >= 4 is 5.97 Å². The van der Waals surface area contributed by atoms with Gasteiger partial charge in [0.2, 0.25) is 0 Å². The minimum absolute atomic E-state index is 0.220. The smallest absolute Gasteiger partial charge is 0.119 e. The molecule has 0 aliphatic heterocycles. The van der Waals surface area contributed by atoms with E-state index < -0.39 is 11.6 Å². The van der Waals surface area contributed by atoms with E-state index in [4.69, 9.17) is 4.74 Å². The highest BCUT2D eigenvalue weighted by Crippen LogP contribution is 2.41. The highest BCUT2D eigenvalue weighted by atomic mass is 16.5. The van der Waals surface area contributed by atoms with Crippen LogP contribution in [0.25, 0.3) is 0 Å². The molecule has 0 heterocycles. The first-order valence-electron chi connectivity index (χ1n) is 9.79. The van der Waals surface area contributed by atoms with Gasteiger partial charge in [0, 0.05) is 5.92 Å². The second kappa shape index (κ2) is 10.2. The lowest BCUT2D eigenvalue weighted by atomic mass is 9.71. The maximum absolute atomic E-state index is 11.2. The average Bonchev–Trinajstić information content (AvgIpc) is 2.70. The lowest BCUT2D eigenvalue weighted by molar-refractivity contribution is -0.863. The summed E-state index contributed by atoms with van der Waals surface area (Å²) in [5.74, 6) is 0.0291. The quantitative estimate of drug-likeness (QED) is 0.813. The number of quaternary nitrogens is 1. The Labute approximate surface area is 167 Å². The number of ether oxygens (including phenoxy) is 1. The van der Waals surface area contributed by atoms with Crippen molar-refractivity contribution < 1.29 is 24.6 Å². The van der Waals surface area contributed by atoms with E-state index in [1.54, 1.807) is 25.3 Å². The molecule has 2 aromatic rings. The zero-order valence-corrected chi connectivity index (χ0v) is 17.0. The van der Waals surface area contributed by atoms with Gasteiger partial charge in [-0.3, -0.25) is 0 Å². The molecule has 1 saturated carbocycles. The molecule has 0 saturated heterocycles. The topological polar surface area (TPSA) is 74.0 Å². The molecule has 2 atom stereocenters. The molecule has 28 heavy (non-hydrogen) atoms. The average molecular weight is 386 g/mol. The lowest BCUT2D eigenvalue weighted by Gasteiger charge is -2.40. The first-order valence-corrected chi connectivity index (χ1v) is 9.79. The monoisotopic (exact) mass is 385 g/mol. The highest BCUT2D eigenvalue weighted by molar-refractivity contribution is 5.85. The van der Waals surface area contributed by atoms with Crippen LogP contribution in [0.1, 0.15) is 41.6 Å². The van der Waals surface area contributed by atoms with E-state index >= 15 is 0 Å². The minimum atomic E-state index is -1.13. The molecule has 0 radical (unpaired) electrons. The molecule has 1 aliphatic rings. The summed E-state index contributed by atoms with van der Waals surface area (Å²) >= 11 is 0. The molecule has 2 N–H and O–H groups in total. The van der Waals surface area contributed by atoms with Gasteiger partial charge in [-0.2, -0.15) is 0 Å². The summed E-state index contributed by atoms with van der Waals surface area (Å²) in [5.41, 5.74) is 0.541. The van der Waals surface area contributed by atoms with Crippen molar-refractivity contribution in [3.63, 3.8) is 0 Å². The fourth-order valence-corrected chi connectivity index (χ4v) is 3.84. The summed E-state index contributed by atoms with van der Waals surface area (Å²) in [6, 6.07) is 16.0. The summed E-state index contributed by atoms with van der Waals surface area (Å²) in [5, 5.41) is 21.3. The summed E-state index contributed by atoms with van der Waals surface area (Å²) in [7, 11) is 5.98. The minimum Gasteiger partial charge on any atom is -0.545 e. The number of nitrogens with one attached hydrogen (secondary N) is 1. The van der Waals surface area contributed by atoms with Gasteiger partial charge in [-0.1, -0.05) is 55.3 Å². The Kier molecular flexibility index (Phi) is 8.03. The molecular weight excluding hydrogens is 354 g/mol. The fourth-order valence-electron chi connectivity index (χ4n) is 3.84. The molecule has 1 aliphatic carbocycles. The number of carbonyl (C=O) groups excluding carboxylic acids is 1. The SMILES string of the molecule is COc1cccc([C@]2(O)CCCC[C@H]2C[NH+](C)C)c1.O=C([O-])c1ccccc1. The second-order valence-corrected chi connectivity index (χ2v) is 7.66. The van der Waals surface area contributed by atoms with Gasteiger partial charge in [0.25, 0.3) is 0 Å². The Balaban J connectivity index is 0.000000261. The van der Waals surface area contributed by atoms with Crippen molar-refractivity contribution in [2.24, 2.45) is 5.92 Å². The predicted molar refractivity (Wildman–Crippen MR) is 107 cm³/mol. The van der Waals surface area contributed by atoms with Crippen LogP contribution in [-0.2, 0) is 5.60 Å². The third kappa shape index (κ3) is 5.81. The fraction of sp³-hybridized carbons (Fsp3) is 0.435. The van der Waals surface area contributed by atoms with Crippen molar-refractivity contribution in [1.82, 2.24) is 0 Å². The third-order valence-corrected chi connectivity index (χ3v) is 5.27. The van der Waals surface area contributed by atoms with E-state index in [0.29, 0.717) is 5.92 Å². The number of benzene rings is 2. The van der Waals surface area contributed by atoms with Gasteiger partial charge in [-0.25, -0.2) is 0 Å². The van der Waals surface area contributed by atoms with Gasteiger partial charge in [-0.15, -0.1) is 0 Å². The molecule has 0 spiro atoms. The lowest BCUT2D eigenvalue weighted by Crippen LogP contribution is -3.06. The maximum Gasteiger partial charge on any atom is 0.119 e. The van der Waals surface area contributed by atoms with Crippen molar-refractivity contribution in [1.29, 1.82) is 0 Å². The first kappa shape index (κ1) is 21.9. The molecule has 0 bridgehead atoms. The first-order chi connectivity index (χ1) is 13.4. The van der Waals surface area contributed by atoms with E-state index in [2.05, 4.69) is 14.1 Å². The molecule has 0 unspecified atom stereocenters. The Morgan fingerprint density at radius 3 is 2.46 bits per heavy atom. The molecule has 152 valence electrons. The number of hydrogen-bond acceptors (Lipinski definition) is 4. The van der Waals surface area contributed by atoms with Crippen molar-refractivity contribution in [3.05, 3.63) is 65.7 Å². The van der Waals surface area contributed by atoms with Crippen LogP contribution in [0.15, 0.2) is 54.6 Å². The number of carboxylic acid groups (broad SMARTS) is 1. The highest BCUT2D eigenvalue weighted by Gasteiger charge is 2.41. The molecule has 1 fully saturated rings. The van der Waals surface area contributed by atoms with Crippen LogP contribution < -0.4 is 14.7 Å². The van der Waals surface area contributed by atoms with Crippen molar-refractivity contribution in [2.45, 2.75) is 31.3 Å². The van der Waals surface area contributed by atoms with E-state index in [1.807, 2.05) is 24.3 Å². The summed E-state index contributed by atoms with van der Waals surface area (Å²) in [6.07, 6.45) is 4.30. The second-order valence-electron chi connectivity index (χ2n) is 7.66. The van der Waals surface area contributed by atoms with Gasteiger partial charge in [-0.05, 0) is 36.1 Å². The molecule has 0 amide bonds. The zero-order valence-electron chi connectivity index (χ0n) is 17.0. The van der Waals surface area contributed by atoms with E-state index in [-0.39, 0.29) is 5.56 Å². The molecule has 0 aromatic heterocycles. The van der Waals surface area contributed by atoms with Crippen LogP contribution in [0.2, 0.25) is 0 Å². The summed E-state index contributed by atoms with van der Waals surface area (Å²) in [6.45, 7) is 1.01. The molecule has 3 rings (SSSR count). The standard InChI is InChI=1S/C16H25NO2.C7H6O2/c1-17(2)12-14-7-4-5-10-16(14,18)13-8-6-9-15(11-13)19-3;8-7(9)6-4-2-1-3-5-6/h6,8-9,11,14,18H,4-5,7,10,12H2,1-3H3;1-5H,(H,8,9)/t14-,16+;/m0./s1. The number of hydrogen-bond donors (Lipinski definition) is 2. The van der Waals surface area contributed by atoms with Crippen molar-refractivity contribution in [3.8, 4) is 5.75 Å². The van der Waals surface area contributed by atoms with Gasteiger partial charge >= 0.3 is 0 Å². The van der Waals surface area contributed by atoms with E-state index in [0.717, 1.165) is 37.1 Å². The third-order valence-electron chi connectivity index (χ3n) is 5.27. The molecular formula is C23H31NO4. The summed E-state index contributed by atoms with van der Waals surface area (Å²) < 4.78 is 5.29. The Morgan fingerprint density at radius 2 is 1.89 bits per heavy atom. The van der Waals surface area contributed by atoms with E-state index in [1.165, 1.54) is 23.5 Å². The number of aliphatic hydroxyl groups is 1. The Bertz CT molecular complexity index is 747. The van der Waals surface area contributed by atoms with Crippen LogP contribution in [0.5, 0.6) is 5.75 Å². The van der Waals surface area contributed by atoms with Crippen LogP contribution in [0, 0.1) is 5.92 Å². The van der Waals surface area contributed by atoms with Gasteiger partial charge in [0.15, 0.2) is 0 Å². The number of carbonyl (C=O) groups is 1.